The molecule has 1 saturated carbocycles. The minimum atomic E-state index is -3.66. The summed E-state index contributed by atoms with van der Waals surface area (Å²) >= 11 is 0. The Hall–Kier alpha value is -1.77. The van der Waals surface area contributed by atoms with Crippen LogP contribution in [0.3, 0.4) is 0 Å². The quantitative estimate of drug-likeness (QED) is 0.733. The van der Waals surface area contributed by atoms with Crippen molar-refractivity contribution in [3.63, 3.8) is 0 Å². The van der Waals surface area contributed by atoms with Crippen molar-refractivity contribution in [2.24, 2.45) is 10.4 Å². The Bertz CT molecular complexity index is 1040. The molecule has 1 N–H and O–H groups in total. The number of anilines is 1. The van der Waals surface area contributed by atoms with Crippen molar-refractivity contribution in [1.82, 2.24) is 9.62 Å². The lowest BCUT2D eigenvalue weighted by Gasteiger charge is -2.34. The van der Waals surface area contributed by atoms with Gasteiger partial charge in [0.1, 0.15) is 0 Å². The van der Waals surface area contributed by atoms with Crippen molar-refractivity contribution < 1.29 is 13.2 Å². The molecule has 5 rings (SSSR count). The zero-order chi connectivity index (χ0) is 22.5. The number of nitrogens with zero attached hydrogens (tertiary/aromatic N) is 3. The van der Waals surface area contributed by atoms with Crippen molar-refractivity contribution in [2.75, 3.05) is 31.1 Å². The predicted octanol–water partition coefficient (Wildman–Crippen LogP) is 3.20. The molecule has 0 radical (unpaired) electrons. The second-order valence-corrected chi connectivity index (χ2v) is 12.4. The number of sulfonamides is 1. The first-order chi connectivity index (χ1) is 15.3. The molecule has 1 aromatic carbocycles. The number of fused-ring (bicyclic) bond motifs is 3. The van der Waals surface area contributed by atoms with Gasteiger partial charge in [-0.15, -0.1) is 0 Å². The zero-order valence-electron chi connectivity index (χ0n) is 19.1. The van der Waals surface area contributed by atoms with E-state index in [4.69, 9.17) is 0 Å². The summed E-state index contributed by atoms with van der Waals surface area (Å²) in [5, 5.41) is 3.62. The Kier molecular flexibility index (Phi) is 5.66. The van der Waals surface area contributed by atoms with Crippen molar-refractivity contribution in [2.45, 2.75) is 75.8 Å². The van der Waals surface area contributed by atoms with Crippen molar-refractivity contribution in [3.05, 3.63) is 23.8 Å². The van der Waals surface area contributed by atoms with Crippen LogP contribution in [0.2, 0.25) is 0 Å². The van der Waals surface area contributed by atoms with E-state index in [2.05, 4.69) is 24.2 Å². The van der Waals surface area contributed by atoms with Crippen LogP contribution in [-0.4, -0.2) is 62.6 Å². The molecule has 8 heteroatoms. The minimum Gasteiger partial charge on any atom is -0.322 e. The van der Waals surface area contributed by atoms with Crippen LogP contribution in [0.25, 0.3) is 0 Å². The van der Waals surface area contributed by atoms with Crippen LogP contribution in [0.5, 0.6) is 0 Å². The molecule has 0 spiro atoms. The van der Waals surface area contributed by atoms with E-state index in [-0.39, 0.29) is 22.1 Å². The van der Waals surface area contributed by atoms with Gasteiger partial charge in [0.2, 0.25) is 15.8 Å². The first-order valence-electron chi connectivity index (χ1n) is 12.0. The molecular weight excluding hydrogens is 424 g/mol. The fourth-order valence-corrected chi connectivity index (χ4v) is 7.33. The Morgan fingerprint density at radius 1 is 1.12 bits per heavy atom. The summed E-state index contributed by atoms with van der Waals surface area (Å²) in [6.07, 6.45) is 7.94. The highest BCUT2D eigenvalue weighted by molar-refractivity contribution is 7.89. The fourth-order valence-electron chi connectivity index (χ4n) is 5.61. The van der Waals surface area contributed by atoms with Gasteiger partial charge in [-0.05, 0) is 43.9 Å². The molecule has 4 aliphatic rings. The van der Waals surface area contributed by atoms with Crippen LogP contribution >= 0.6 is 0 Å². The van der Waals surface area contributed by atoms with Crippen molar-refractivity contribution >= 4 is 27.3 Å². The SMILES string of the molecule is CC1(C)CN=C2C(=O)c3cc(S(=O)(=O)N4CCC[C@H]4CNC4CCCCC4)ccc3N2C1. The summed E-state index contributed by atoms with van der Waals surface area (Å²) in [4.78, 5) is 19.7. The number of hydrogen-bond donors (Lipinski definition) is 1. The largest absolute Gasteiger partial charge is 0.322 e. The molecule has 7 nitrogen and oxygen atoms in total. The average Bonchev–Trinajstić information content (AvgIpc) is 3.36. The van der Waals surface area contributed by atoms with E-state index >= 15 is 0 Å². The maximum atomic E-state index is 13.6. The van der Waals surface area contributed by atoms with Gasteiger partial charge >= 0.3 is 0 Å². The van der Waals surface area contributed by atoms with Gasteiger partial charge in [0.05, 0.1) is 16.1 Å². The van der Waals surface area contributed by atoms with Crippen LogP contribution < -0.4 is 10.2 Å². The molecule has 3 aliphatic heterocycles. The standard InChI is InChI=1S/C24H34N4O3S/c1-24(2)15-26-23-22(29)20-13-19(10-11-21(20)27(23)16-24)32(30,31)28-12-6-9-18(28)14-25-17-7-4-3-5-8-17/h10-11,13,17-18,25H,3-9,12,14-16H2,1-2H3/t18-/m0/s1. The highest BCUT2D eigenvalue weighted by Gasteiger charge is 2.42. The molecule has 1 aromatic rings. The van der Waals surface area contributed by atoms with Gasteiger partial charge in [-0.2, -0.15) is 4.31 Å². The number of benzene rings is 1. The van der Waals surface area contributed by atoms with Gasteiger partial charge < -0.3 is 10.2 Å². The van der Waals surface area contributed by atoms with Crippen LogP contribution in [0, 0.1) is 5.41 Å². The highest BCUT2D eigenvalue weighted by Crippen LogP contribution is 2.37. The molecule has 174 valence electrons. The van der Waals surface area contributed by atoms with Crippen LogP contribution in [-0.2, 0) is 10.0 Å². The van der Waals surface area contributed by atoms with E-state index in [9.17, 15) is 13.2 Å². The van der Waals surface area contributed by atoms with Crippen molar-refractivity contribution in [1.29, 1.82) is 0 Å². The number of carbonyl (C=O) groups excluding carboxylic acids is 1. The van der Waals surface area contributed by atoms with E-state index in [1.807, 2.05) is 4.90 Å². The zero-order valence-corrected chi connectivity index (χ0v) is 20.0. The summed E-state index contributed by atoms with van der Waals surface area (Å²) in [6.45, 7) is 6.81. The maximum absolute atomic E-state index is 13.6. The minimum absolute atomic E-state index is 0.0236. The van der Waals surface area contributed by atoms with Crippen LogP contribution in [0.1, 0.15) is 69.2 Å². The molecule has 0 aromatic heterocycles. The first-order valence-corrected chi connectivity index (χ1v) is 13.5. The molecule has 2 fully saturated rings. The molecule has 0 amide bonds. The highest BCUT2D eigenvalue weighted by atomic mass is 32.2. The van der Waals surface area contributed by atoms with E-state index < -0.39 is 10.0 Å². The lowest BCUT2D eigenvalue weighted by atomic mass is 9.91. The first kappa shape index (κ1) is 22.0. The molecule has 1 atom stereocenters. The van der Waals surface area contributed by atoms with Gasteiger partial charge in [0, 0.05) is 43.7 Å². The molecule has 1 saturated heterocycles. The second kappa shape index (κ2) is 8.22. The Balaban J connectivity index is 1.37. The van der Waals surface area contributed by atoms with Gasteiger partial charge in [-0.25, -0.2) is 8.42 Å². The molecule has 32 heavy (non-hydrogen) atoms. The number of aliphatic imine (C=N–C) groups is 1. The third kappa shape index (κ3) is 3.90. The fraction of sp³-hybridized carbons (Fsp3) is 0.667. The number of hydrogen-bond acceptors (Lipinski definition) is 6. The summed E-state index contributed by atoms with van der Waals surface area (Å²) < 4.78 is 28.8. The molecule has 0 unspecified atom stereocenters. The third-order valence-corrected chi connectivity index (χ3v) is 9.33. The molecule has 0 bridgehead atoms. The second-order valence-electron chi connectivity index (χ2n) is 10.6. The predicted molar refractivity (Wildman–Crippen MR) is 126 cm³/mol. The van der Waals surface area contributed by atoms with Crippen molar-refractivity contribution in [3.8, 4) is 0 Å². The van der Waals surface area contributed by atoms with E-state index in [1.54, 1.807) is 22.5 Å². The topological polar surface area (TPSA) is 82.1 Å². The van der Waals surface area contributed by atoms with Crippen LogP contribution in [0.4, 0.5) is 5.69 Å². The average molecular weight is 459 g/mol. The Morgan fingerprint density at radius 2 is 1.91 bits per heavy atom. The third-order valence-electron chi connectivity index (χ3n) is 7.38. The summed E-state index contributed by atoms with van der Waals surface area (Å²) in [5.74, 6) is 0.286. The lowest BCUT2D eigenvalue weighted by Crippen LogP contribution is -2.44. The lowest BCUT2D eigenvalue weighted by molar-refractivity contribution is 0.106. The normalized spacial score (nSPS) is 26.2. The summed E-state index contributed by atoms with van der Waals surface area (Å²) in [5.41, 5.74) is 1.21. The van der Waals surface area contributed by atoms with Gasteiger partial charge in [-0.3, -0.25) is 9.79 Å². The molecule has 1 aliphatic carbocycles. The maximum Gasteiger partial charge on any atom is 0.243 e. The Morgan fingerprint density at radius 3 is 2.69 bits per heavy atom. The van der Waals surface area contributed by atoms with Gasteiger partial charge in [0.25, 0.3) is 0 Å². The molecular formula is C24H34N4O3S. The van der Waals surface area contributed by atoms with Crippen LogP contribution in [0.15, 0.2) is 28.1 Å². The summed E-state index contributed by atoms with van der Waals surface area (Å²) in [6, 6.07) is 5.51. The number of amidine groups is 1. The number of rotatable bonds is 5. The Labute approximate surface area is 191 Å². The number of nitrogens with one attached hydrogen (secondary N) is 1. The van der Waals surface area contributed by atoms with E-state index in [1.165, 1.54) is 32.1 Å². The smallest absolute Gasteiger partial charge is 0.243 e. The summed E-state index contributed by atoms with van der Waals surface area (Å²) in [7, 11) is -3.66. The monoisotopic (exact) mass is 458 g/mol. The molecule has 3 heterocycles. The van der Waals surface area contributed by atoms with Gasteiger partial charge in [0.15, 0.2) is 5.84 Å². The van der Waals surface area contributed by atoms with Gasteiger partial charge in [-0.1, -0.05) is 33.1 Å². The number of carbonyl (C=O) groups is 1. The van der Waals surface area contributed by atoms with E-state index in [0.717, 1.165) is 18.5 Å². The number of Topliss-reactive ketones (excluding diaryl/α,β-unsaturated/α-hetero) is 1. The number of ketones is 1. The van der Waals surface area contributed by atoms with E-state index in [0.29, 0.717) is 43.6 Å².